The molecule has 18 heavy (non-hydrogen) atoms. The summed E-state index contributed by atoms with van der Waals surface area (Å²) in [4.78, 5) is 5.69. The molecular formula is C10H9F3N4O. The van der Waals surface area contributed by atoms with Crippen LogP contribution in [-0.2, 0) is 0 Å². The van der Waals surface area contributed by atoms with Gasteiger partial charge in [0, 0.05) is 10.5 Å². The van der Waals surface area contributed by atoms with Gasteiger partial charge in [-0.3, -0.25) is 4.99 Å². The summed E-state index contributed by atoms with van der Waals surface area (Å²) in [7, 11) is 1.46. The summed E-state index contributed by atoms with van der Waals surface area (Å²) in [5.41, 5.74) is 8.59. The van der Waals surface area contributed by atoms with Crippen LogP contribution in [0.1, 0.15) is 5.56 Å². The predicted molar refractivity (Wildman–Crippen MR) is 59.6 cm³/mol. The van der Waals surface area contributed by atoms with Gasteiger partial charge in [0.05, 0.1) is 7.11 Å². The Morgan fingerprint density at radius 2 is 1.94 bits per heavy atom. The van der Waals surface area contributed by atoms with Gasteiger partial charge >= 0.3 is 6.18 Å². The zero-order valence-corrected chi connectivity index (χ0v) is 9.35. The zero-order chi connectivity index (χ0) is 13.6. The molecule has 0 aromatic heterocycles. The Kier molecular flexibility index (Phi) is 4.56. The second-order valence-corrected chi connectivity index (χ2v) is 3.17. The van der Waals surface area contributed by atoms with Crippen molar-refractivity contribution in [2.24, 2.45) is 10.1 Å². The first-order valence-corrected chi connectivity index (χ1v) is 4.77. The molecule has 0 N–H and O–H groups in total. The first-order valence-electron chi connectivity index (χ1n) is 4.77. The smallest absolute Gasteiger partial charge is 0.407 e. The number of amidine groups is 1. The Hall–Kier alpha value is -2.21. The Balaban J connectivity index is 3.00. The predicted octanol–water partition coefficient (Wildman–Crippen LogP) is 3.31. The summed E-state index contributed by atoms with van der Waals surface area (Å²) in [6.45, 7) is -1.40. The highest BCUT2D eigenvalue weighted by atomic mass is 19.4. The van der Waals surface area contributed by atoms with Crippen molar-refractivity contribution in [2.45, 2.75) is 6.18 Å². The Morgan fingerprint density at radius 3 is 2.39 bits per heavy atom. The number of ether oxygens (including phenoxy) is 1. The second-order valence-electron chi connectivity index (χ2n) is 3.17. The van der Waals surface area contributed by atoms with Crippen LogP contribution in [0.4, 0.5) is 13.2 Å². The average Bonchev–Trinajstić information content (AvgIpc) is 2.33. The van der Waals surface area contributed by atoms with Gasteiger partial charge in [0.15, 0.2) is 0 Å². The molecule has 0 radical (unpaired) electrons. The van der Waals surface area contributed by atoms with Crippen molar-refractivity contribution in [3.63, 3.8) is 0 Å². The zero-order valence-electron chi connectivity index (χ0n) is 9.35. The first-order chi connectivity index (χ1) is 8.46. The van der Waals surface area contributed by atoms with Crippen LogP contribution in [0.25, 0.3) is 10.4 Å². The number of halogens is 3. The molecule has 0 unspecified atom stereocenters. The van der Waals surface area contributed by atoms with Crippen molar-refractivity contribution < 1.29 is 17.9 Å². The van der Waals surface area contributed by atoms with E-state index in [-0.39, 0.29) is 11.4 Å². The molecule has 1 rings (SSSR count). The van der Waals surface area contributed by atoms with Gasteiger partial charge in [-0.2, -0.15) is 13.2 Å². The van der Waals surface area contributed by atoms with Gasteiger partial charge in [0.25, 0.3) is 0 Å². The maximum absolute atomic E-state index is 12.0. The highest BCUT2D eigenvalue weighted by Crippen LogP contribution is 2.17. The third-order valence-electron chi connectivity index (χ3n) is 1.90. The minimum atomic E-state index is -4.44. The van der Waals surface area contributed by atoms with E-state index in [1.54, 1.807) is 0 Å². The van der Waals surface area contributed by atoms with Gasteiger partial charge in [0.2, 0.25) is 0 Å². The molecule has 0 aliphatic heterocycles. The van der Waals surface area contributed by atoms with Crippen molar-refractivity contribution in [1.82, 2.24) is 0 Å². The molecule has 0 saturated heterocycles. The van der Waals surface area contributed by atoms with Gasteiger partial charge < -0.3 is 4.74 Å². The number of benzene rings is 1. The maximum atomic E-state index is 12.0. The molecule has 0 heterocycles. The maximum Gasteiger partial charge on any atom is 0.407 e. The van der Waals surface area contributed by atoms with Crippen molar-refractivity contribution in [1.29, 1.82) is 0 Å². The number of alkyl halides is 3. The van der Waals surface area contributed by atoms with E-state index in [4.69, 9.17) is 10.3 Å². The monoisotopic (exact) mass is 258 g/mol. The normalized spacial score (nSPS) is 11.9. The Bertz CT molecular complexity index is 475. The summed E-state index contributed by atoms with van der Waals surface area (Å²) in [5.74, 6) is 0.229. The van der Waals surface area contributed by atoms with Crippen LogP contribution >= 0.6 is 0 Å². The molecule has 1 aromatic carbocycles. The molecule has 0 atom stereocenters. The topological polar surface area (TPSA) is 70.3 Å². The van der Waals surface area contributed by atoms with E-state index in [9.17, 15) is 13.2 Å². The number of methoxy groups -OCH3 is 1. The van der Waals surface area contributed by atoms with Gasteiger partial charge in [-0.25, -0.2) is 0 Å². The molecule has 8 heteroatoms. The second kappa shape index (κ2) is 5.92. The van der Waals surface area contributed by atoms with Crippen LogP contribution in [0.15, 0.2) is 34.4 Å². The fourth-order valence-electron chi connectivity index (χ4n) is 1.13. The minimum absolute atomic E-state index is 0.290. The number of rotatable bonds is 3. The van der Waals surface area contributed by atoms with Crippen LogP contribution in [0.2, 0.25) is 0 Å². The Morgan fingerprint density at radius 1 is 1.33 bits per heavy atom. The fourth-order valence-corrected chi connectivity index (χ4v) is 1.13. The lowest BCUT2D eigenvalue weighted by Crippen LogP contribution is -2.13. The van der Waals surface area contributed by atoms with Crippen LogP contribution in [0, 0.1) is 0 Å². The van der Waals surface area contributed by atoms with Gasteiger partial charge in [0.1, 0.15) is 18.1 Å². The number of azide groups is 1. The van der Waals surface area contributed by atoms with Gasteiger partial charge in [-0.05, 0) is 34.9 Å². The number of hydrogen-bond donors (Lipinski definition) is 0. The van der Waals surface area contributed by atoms with E-state index in [1.165, 1.54) is 31.4 Å². The summed E-state index contributed by atoms with van der Waals surface area (Å²) < 4.78 is 41.0. The van der Waals surface area contributed by atoms with Crippen molar-refractivity contribution in [3.05, 3.63) is 40.3 Å². The highest BCUT2D eigenvalue weighted by molar-refractivity contribution is 5.99. The van der Waals surface area contributed by atoms with Crippen LogP contribution < -0.4 is 4.74 Å². The molecule has 96 valence electrons. The molecule has 0 bridgehead atoms. The van der Waals surface area contributed by atoms with Gasteiger partial charge in [-0.15, -0.1) is 0 Å². The molecule has 0 saturated carbocycles. The first kappa shape index (κ1) is 13.9. The number of hydrogen-bond acceptors (Lipinski definition) is 2. The minimum Gasteiger partial charge on any atom is -0.497 e. The fraction of sp³-hybridized carbons (Fsp3) is 0.300. The van der Waals surface area contributed by atoms with Crippen molar-refractivity contribution >= 4 is 5.84 Å². The largest absolute Gasteiger partial charge is 0.497 e. The molecular weight excluding hydrogens is 249 g/mol. The lowest BCUT2D eigenvalue weighted by molar-refractivity contribution is -0.118. The van der Waals surface area contributed by atoms with E-state index >= 15 is 0 Å². The SMILES string of the molecule is COc1ccc(C(N=[N+]=[N-])=NCC(F)(F)F)cc1. The summed E-state index contributed by atoms with van der Waals surface area (Å²) in [6.07, 6.45) is -4.44. The molecule has 0 spiro atoms. The molecule has 0 aliphatic rings. The van der Waals surface area contributed by atoms with E-state index in [1.807, 2.05) is 0 Å². The van der Waals surface area contributed by atoms with E-state index in [0.29, 0.717) is 5.75 Å². The summed E-state index contributed by atoms with van der Waals surface area (Å²) >= 11 is 0. The summed E-state index contributed by atoms with van der Waals surface area (Å²) in [5, 5.41) is 3.14. The van der Waals surface area contributed by atoms with Crippen LogP contribution in [0.5, 0.6) is 5.75 Å². The third kappa shape index (κ3) is 4.34. The number of aliphatic imine (C=N–C) groups is 1. The molecule has 1 aromatic rings. The summed E-state index contributed by atoms with van der Waals surface area (Å²) in [6, 6.07) is 5.99. The van der Waals surface area contributed by atoms with E-state index in [2.05, 4.69) is 15.0 Å². The lowest BCUT2D eigenvalue weighted by atomic mass is 10.2. The standard InChI is InChI=1S/C10H9F3N4O/c1-18-8-4-2-7(3-5-8)9(16-17-14)15-6-10(11,12)13/h2-5H,6H2,1H3. The van der Waals surface area contributed by atoms with Crippen LogP contribution in [0.3, 0.4) is 0 Å². The van der Waals surface area contributed by atoms with Crippen molar-refractivity contribution in [3.8, 4) is 5.75 Å². The van der Waals surface area contributed by atoms with E-state index in [0.717, 1.165) is 0 Å². The van der Waals surface area contributed by atoms with Gasteiger partial charge in [-0.1, -0.05) is 0 Å². The highest BCUT2D eigenvalue weighted by Gasteiger charge is 2.26. The molecule has 0 aliphatic carbocycles. The van der Waals surface area contributed by atoms with E-state index < -0.39 is 12.7 Å². The quantitative estimate of drug-likeness (QED) is 0.269. The van der Waals surface area contributed by atoms with Crippen LogP contribution in [-0.4, -0.2) is 25.7 Å². The lowest BCUT2D eigenvalue weighted by Gasteiger charge is -2.05. The third-order valence-corrected chi connectivity index (χ3v) is 1.90. The molecule has 0 fully saturated rings. The Labute approximate surface area is 101 Å². The number of nitrogens with zero attached hydrogens (tertiary/aromatic N) is 4. The molecule has 0 amide bonds. The van der Waals surface area contributed by atoms with Crippen molar-refractivity contribution in [2.75, 3.05) is 13.7 Å². The molecule has 5 nitrogen and oxygen atoms in total. The average molecular weight is 258 g/mol.